The summed E-state index contributed by atoms with van der Waals surface area (Å²) in [5.74, 6) is 0.829. The van der Waals surface area contributed by atoms with Gasteiger partial charge in [0, 0.05) is 24.6 Å². The van der Waals surface area contributed by atoms with Crippen molar-refractivity contribution in [2.75, 3.05) is 26.2 Å². The standard InChI is InChI=1S/C18H31N3OS/c1-14(10-18-4-3-9-22-18)19-11-16-5-7-21(8-6-16)12-17-13-23-15(2)20-17/h13-14,16,18-19H,3-12H2,1-2H3/t14-,18+/m0/s1. The van der Waals surface area contributed by atoms with Gasteiger partial charge in [-0.1, -0.05) is 0 Å². The van der Waals surface area contributed by atoms with Crippen molar-refractivity contribution in [2.24, 2.45) is 5.92 Å². The number of hydrogen-bond donors (Lipinski definition) is 1. The minimum atomic E-state index is 0.501. The second-order valence-electron chi connectivity index (χ2n) is 7.26. The van der Waals surface area contributed by atoms with Crippen LogP contribution < -0.4 is 5.32 Å². The molecule has 2 aliphatic heterocycles. The second-order valence-corrected chi connectivity index (χ2v) is 8.32. The summed E-state index contributed by atoms with van der Waals surface area (Å²) in [6.07, 6.45) is 6.78. The number of nitrogens with zero attached hydrogens (tertiary/aromatic N) is 2. The number of hydrogen-bond acceptors (Lipinski definition) is 5. The summed E-state index contributed by atoms with van der Waals surface area (Å²) < 4.78 is 5.74. The van der Waals surface area contributed by atoms with Gasteiger partial charge in [0.25, 0.3) is 0 Å². The molecule has 1 aromatic rings. The summed E-state index contributed by atoms with van der Waals surface area (Å²) in [7, 11) is 0. The SMILES string of the molecule is Cc1nc(CN2CCC(CN[C@@H](C)C[C@H]3CCCO3)CC2)cs1. The highest BCUT2D eigenvalue weighted by Gasteiger charge is 2.22. The highest BCUT2D eigenvalue weighted by molar-refractivity contribution is 7.09. The Kier molecular flexibility index (Phi) is 6.45. The molecule has 2 atom stereocenters. The molecule has 0 aliphatic carbocycles. The van der Waals surface area contributed by atoms with E-state index in [1.54, 1.807) is 11.3 Å². The largest absolute Gasteiger partial charge is 0.378 e. The number of aryl methyl sites for hydroxylation is 1. The molecule has 0 aromatic carbocycles. The van der Waals surface area contributed by atoms with Gasteiger partial charge >= 0.3 is 0 Å². The maximum atomic E-state index is 5.74. The van der Waals surface area contributed by atoms with Gasteiger partial charge in [-0.3, -0.25) is 4.90 Å². The number of piperidine rings is 1. The Morgan fingerprint density at radius 3 is 2.87 bits per heavy atom. The van der Waals surface area contributed by atoms with Crippen molar-refractivity contribution < 1.29 is 4.74 Å². The highest BCUT2D eigenvalue weighted by Crippen LogP contribution is 2.20. The average molecular weight is 338 g/mol. The van der Waals surface area contributed by atoms with Crippen LogP contribution in [0.2, 0.25) is 0 Å². The predicted molar refractivity (Wildman–Crippen MR) is 95.9 cm³/mol. The Balaban J connectivity index is 1.31. The van der Waals surface area contributed by atoms with Gasteiger partial charge in [0.1, 0.15) is 0 Å². The molecule has 5 heteroatoms. The van der Waals surface area contributed by atoms with Gasteiger partial charge in [-0.15, -0.1) is 11.3 Å². The molecule has 23 heavy (non-hydrogen) atoms. The third-order valence-corrected chi connectivity index (χ3v) is 5.98. The monoisotopic (exact) mass is 337 g/mol. The summed E-state index contributed by atoms with van der Waals surface area (Å²) in [6, 6.07) is 0.578. The molecule has 4 nitrogen and oxygen atoms in total. The van der Waals surface area contributed by atoms with Crippen molar-refractivity contribution in [3.8, 4) is 0 Å². The van der Waals surface area contributed by atoms with E-state index in [9.17, 15) is 0 Å². The van der Waals surface area contributed by atoms with Crippen LogP contribution in [0.1, 0.15) is 49.7 Å². The lowest BCUT2D eigenvalue weighted by atomic mass is 9.96. The number of likely N-dealkylation sites (tertiary alicyclic amines) is 1. The molecule has 130 valence electrons. The van der Waals surface area contributed by atoms with E-state index < -0.39 is 0 Å². The number of ether oxygens (including phenoxy) is 1. The van der Waals surface area contributed by atoms with Crippen LogP contribution in [-0.4, -0.2) is 48.3 Å². The van der Waals surface area contributed by atoms with E-state index in [0.717, 1.165) is 25.6 Å². The molecule has 2 aliphatic rings. The van der Waals surface area contributed by atoms with Crippen molar-refractivity contribution in [2.45, 2.75) is 64.6 Å². The lowest BCUT2D eigenvalue weighted by molar-refractivity contribution is 0.0948. The van der Waals surface area contributed by atoms with E-state index in [0.29, 0.717) is 12.1 Å². The predicted octanol–water partition coefficient (Wildman–Crippen LogP) is 3.21. The highest BCUT2D eigenvalue weighted by atomic mass is 32.1. The number of rotatable bonds is 7. The molecule has 0 spiro atoms. The first-order valence-electron chi connectivity index (χ1n) is 9.17. The molecule has 0 amide bonds. The Morgan fingerprint density at radius 1 is 1.39 bits per heavy atom. The van der Waals surface area contributed by atoms with Crippen LogP contribution in [0.25, 0.3) is 0 Å². The van der Waals surface area contributed by atoms with Gasteiger partial charge in [-0.2, -0.15) is 0 Å². The van der Waals surface area contributed by atoms with Gasteiger partial charge < -0.3 is 10.1 Å². The zero-order valence-corrected chi connectivity index (χ0v) is 15.4. The minimum absolute atomic E-state index is 0.501. The molecule has 2 fully saturated rings. The third-order valence-electron chi connectivity index (χ3n) is 5.15. The van der Waals surface area contributed by atoms with E-state index in [4.69, 9.17) is 4.74 Å². The van der Waals surface area contributed by atoms with Gasteiger partial charge in [-0.05, 0) is 71.5 Å². The first-order chi connectivity index (χ1) is 11.2. The van der Waals surface area contributed by atoms with Crippen LogP contribution in [0.15, 0.2) is 5.38 Å². The van der Waals surface area contributed by atoms with Crippen molar-refractivity contribution in [1.29, 1.82) is 0 Å². The molecule has 0 radical (unpaired) electrons. The maximum Gasteiger partial charge on any atom is 0.0897 e. The summed E-state index contributed by atoms with van der Waals surface area (Å²) >= 11 is 1.76. The lowest BCUT2D eigenvalue weighted by Crippen LogP contribution is -2.39. The summed E-state index contributed by atoms with van der Waals surface area (Å²) in [5, 5.41) is 7.12. The van der Waals surface area contributed by atoms with Crippen LogP contribution in [0, 0.1) is 12.8 Å². The van der Waals surface area contributed by atoms with Crippen LogP contribution >= 0.6 is 11.3 Å². The zero-order chi connectivity index (χ0) is 16.1. The Morgan fingerprint density at radius 2 is 2.22 bits per heavy atom. The topological polar surface area (TPSA) is 37.4 Å². The smallest absolute Gasteiger partial charge is 0.0897 e. The Bertz CT molecular complexity index is 465. The van der Waals surface area contributed by atoms with E-state index in [1.807, 2.05) is 0 Å². The average Bonchev–Trinajstić information content (AvgIpc) is 3.18. The van der Waals surface area contributed by atoms with Crippen LogP contribution in [-0.2, 0) is 11.3 Å². The molecule has 0 saturated carbocycles. The van der Waals surface area contributed by atoms with Crippen molar-refractivity contribution in [3.05, 3.63) is 16.1 Å². The normalized spacial score (nSPS) is 25.0. The van der Waals surface area contributed by atoms with E-state index >= 15 is 0 Å². The van der Waals surface area contributed by atoms with Crippen molar-refractivity contribution >= 4 is 11.3 Å². The first-order valence-corrected chi connectivity index (χ1v) is 10.1. The lowest BCUT2D eigenvalue weighted by Gasteiger charge is -2.32. The van der Waals surface area contributed by atoms with E-state index in [2.05, 4.69) is 34.4 Å². The number of nitrogens with one attached hydrogen (secondary N) is 1. The second kappa shape index (κ2) is 8.56. The molecule has 1 N–H and O–H groups in total. The van der Waals surface area contributed by atoms with Gasteiger partial charge in [0.2, 0.25) is 0 Å². The van der Waals surface area contributed by atoms with Gasteiger partial charge in [0.05, 0.1) is 16.8 Å². The minimum Gasteiger partial charge on any atom is -0.378 e. The number of aromatic nitrogens is 1. The zero-order valence-electron chi connectivity index (χ0n) is 14.6. The fraction of sp³-hybridized carbons (Fsp3) is 0.833. The molecular weight excluding hydrogens is 306 g/mol. The molecular formula is C18H31N3OS. The van der Waals surface area contributed by atoms with Gasteiger partial charge in [-0.25, -0.2) is 4.98 Å². The van der Waals surface area contributed by atoms with Crippen molar-refractivity contribution in [3.63, 3.8) is 0 Å². The summed E-state index contributed by atoms with van der Waals surface area (Å²) in [5.41, 5.74) is 1.24. The molecule has 3 rings (SSSR count). The molecule has 3 heterocycles. The van der Waals surface area contributed by atoms with E-state index in [-0.39, 0.29) is 0 Å². The Hall–Kier alpha value is -0.490. The quantitative estimate of drug-likeness (QED) is 0.829. The molecule has 1 aromatic heterocycles. The fourth-order valence-electron chi connectivity index (χ4n) is 3.73. The third kappa shape index (κ3) is 5.52. The van der Waals surface area contributed by atoms with Crippen LogP contribution in [0.3, 0.4) is 0 Å². The first kappa shape index (κ1) is 17.3. The maximum absolute atomic E-state index is 5.74. The molecule has 0 unspecified atom stereocenters. The fourth-order valence-corrected chi connectivity index (χ4v) is 4.34. The van der Waals surface area contributed by atoms with Crippen molar-refractivity contribution in [1.82, 2.24) is 15.2 Å². The Labute approximate surface area is 144 Å². The van der Waals surface area contributed by atoms with Gasteiger partial charge in [0.15, 0.2) is 0 Å². The molecule has 0 bridgehead atoms. The summed E-state index contributed by atoms with van der Waals surface area (Å²) in [4.78, 5) is 7.14. The number of thiazole rings is 1. The van der Waals surface area contributed by atoms with Crippen LogP contribution in [0.4, 0.5) is 0 Å². The summed E-state index contributed by atoms with van der Waals surface area (Å²) in [6.45, 7) is 9.98. The van der Waals surface area contributed by atoms with E-state index in [1.165, 1.54) is 55.9 Å². The van der Waals surface area contributed by atoms with Crippen LogP contribution in [0.5, 0.6) is 0 Å². The molecule has 2 saturated heterocycles.